The second-order valence-electron chi connectivity index (χ2n) is 4.78. The van der Waals surface area contributed by atoms with Crippen LogP contribution in [-0.4, -0.2) is 60.2 Å². The zero-order valence-electron chi connectivity index (χ0n) is 11.7. The van der Waals surface area contributed by atoms with Crippen molar-refractivity contribution in [2.75, 3.05) is 45.8 Å². The van der Waals surface area contributed by atoms with Gasteiger partial charge in [0.25, 0.3) is 0 Å². The summed E-state index contributed by atoms with van der Waals surface area (Å²) >= 11 is 0. The molecule has 0 aromatic rings. The zero-order valence-corrected chi connectivity index (χ0v) is 12.5. The number of hydrogen-bond donors (Lipinski definition) is 2. The molecular weight excluding hydrogens is 268 g/mol. The van der Waals surface area contributed by atoms with E-state index < -0.39 is 10.0 Å². The van der Waals surface area contributed by atoms with Crippen LogP contribution in [0.1, 0.15) is 25.7 Å². The van der Waals surface area contributed by atoms with E-state index >= 15 is 0 Å². The normalized spacial score (nSPS) is 20.6. The molecule has 1 rings (SSSR count). The van der Waals surface area contributed by atoms with Crippen molar-refractivity contribution in [3.63, 3.8) is 0 Å². The highest BCUT2D eigenvalue weighted by molar-refractivity contribution is 7.89. The van der Waals surface area contributed by atoms with Gasteiger partial charge in [0.05, 0.1) is 19.0 Å². The molecule has 1 heterocycles. The number of ether oxygens (including phenoxy) is 2. The molecule has 0 saturated carbocycles. The van der Waals surface area contributed by atoms with E-state index in [0.29, 0.717) is 32.8 Å². The van der Waals surface area contributed by atoms with Crippen LogP contribution in [0.2, 0.25) is 0 Å². The standard InChI is InChI=1S/C12H26N2O4S/c1-17-9-10-18-8-4-7-14-19(15,16)11-12-5-2-3-6-13-12/h12-14H,2-11H2,1H3. The Kier molecular flexibility index (Phi) is 8.56. The minimum Gasteiger partial charge on any atom is -0.382 e. The van der Waals surface area contributed by atoms with Crippen LogP contribution in [0.5, 0.6) is 0 Å². The number of rotatable bonds is 10. The largest absolute Gasteiger partial charge is 0.382 e. The lowest BCUT2D eigenvalue weighted by Gasteiger charge is -2.23. The van der Waals surface area contributed by atoms with Crippen LogP contribution in [-0.2, 0) is 19.5 Å². The van der Waals surface area contributed by atoms with Crippen LogP contribution in [0.3, 0.4) is 0 Å². The van der Waals surface area contributed by atoms with Crippen LogP contribution in [0, 0.1) is 0 Å². The maximum atomic E-state index is 11.8. The quantitative estimate of drug-likeness (QED) is 0.559. The SMILES string of the molecule is COCCOCCCNS(=O)(=O)CC1CCCCN1. The third-order valence-electron chi connectivity index (χ3n) is 3.05. The molecule has 0 bridgehead atoms. The first-order valence-corrected chi connectivity index (χ1v) is 8.56. The van der Waals surface area contributed by atoms with Crippen molar-refractivity contribution in [1.29, 1.82) is 0 Å². The molecule has 6 nitrogen and oxygen atoms in total. The molecule has 2 N–H and O–H groups in total. The van der Waals surface area contributed by atoms with Gasteiger partial charge < -0.3 is 14.8 Å². The summed E-state index contributed by atoms with van der Waals surface area (Å²) in [5, 5.41) is 3.24. The summed E-state index contributed by atoms with van der Waals surface area (Å²) in [6.07, 6.45) is 3.88. The minimum atomic E-state index is -3.17. The molecule has 114 valence electrons. The second kappa shape index (κ2) is 9.66. The van der Waals surface area contributed by atoms with Crippen molar-refractivity contribution in [3.05, 3.63) is 0 Å². The Morgan fingerprint density at radius 3 is 2.79 bits per heavy atom. The lowest BCUT2D eigenvalue weighted by Crippen LogP contribution is -2.42. The second-order valence-corrected chi connectivity index (χ2v) is 6.63. The Labute approximate surface area is 116 Å². The zero-order chi connectivity index (χ0) is 14.0. The number of nitrogens with one attached hydrogen (secondary N) is 2. The Morgan fingerprint density at radius 1 is 1.26 bits per heavy atom. The van der Waals surface area contributed by atoms with E-state index in [0.717, 1.165) is 25.8 Å². The summed E-state index contributed by atoms with van der Waals surface area (Å²) in [5.41, 5.74) is 0. The van der Waals surface area contributed by atoms with E-state index in [-0.39, 0.29) is 11.8 Å². The molecule has 7 heteroatoms. The monoisotopic (exact) mass is 294 g/mol. The molecule has 0 aliphatic carbocycles. The first-order valence-electron chi connectivity index (χ1n) is 6.91. The molecule has 19 heavy (non-hydrogen) atoms. The van der Waals surface area contributed by atoms with E-state index in [9.17, 15) is 8.42 Å². The van der Waals surface area contributed by atoms with Crippen molar-refractivity contribution < 1.29 is 17.9 Å². The molecule has 0 aromatic carbocycles. The minimum absolute atomic E-state index is 0.101. The van der Waals surface area contributed by atoms with Gasteiger partial charge in [0.15, 0.2) is 0 Å². The molecule has 1 fully saturated rings. The van der Waals surface area contributed by atoms with Crippen LogP contribution < -0.4 is 10.0 Å². The molecule has 1 unspecified atom stereocenters. The first kappa shape index (κ1) is 16.8. The fraction of sp³-hybridized carbons (Fsp3) is 1.00. The summed E-state index contributed by atoms with van der Waals surface area (Å²) in [6.45, 7) is 3.03. The van der Waals surface area contributed by atoms with Gasteiger partial charge in [-0.3, -0.25) is 0 Å². The lowest BCUT2D eigenvalue weighted by molar-refractivity contribution is 0.0699. The van der Waals surface area contributed by atoms with Gasteiger partial charge in [-0.05, 0) is 25.8 Å². The van der Waals surface area contributed by atoms with E-state index in [1.807, 2.05) is 0 Å². The van der Waals surface area contributed by atoms with Gasteiger partial charge >= 0.3 is 0 Å². The fourth-order valence-electron chi connectivity index (χ4n) is 2.04. The Bertz CT molecular complexity index is 316. The average molecular weight is 294 g/mol. The molecule has 1 saturated heterocycles. The van der Waals surface area contributed by atoms with Crippen LogP contribution >= 0.6 is 0 Å². The van der Waals surface area contributed by atoms with E-state index in [2.05, 4.69) is 10.0 Å². The third kappa shape index (κ3) is 8.54. The number of methoxy groups -OCH3 is 1. The number of hydrogen-bond acceptors (Lipinski definition) is 5. The van der Waals surface area contributed by atoms with Gasteiger partial charge in [-0.1, -0.05) is 6.42 Å². The van der Waals surface area contributed by atoms with Crippen LogP contribution in [0.15, 0.2) is 0 Å². The van der Waals surface area contributed by atoms with Gasteiger partial charge in [0, 0.05) is 26.3 Å². The van der Waals surface area contributed by atoms with Gasteiger partial charge in [-0.15, -0.1) is 0 Å². The van der Waals surface area contributed by atoms with Crippen molar-refractivity contribution in [2.24, 2.45) is 0 Å². The van der Waals surface area contributed by atoms with Gasteiger partial charge in [-0.25, -0.2) is 13.1 Å². The summed E-state index contributed by atoms with van der Waals surface area (Å²) in [4.78, 5) is 0. The van der Waals surface area contributed by atoms with Gasteiger partial charge in [0.1, 0.15) is 0 Å². The fourth-order valence-corrected chi connectivity index (χ4v) is 3.42. The maximum Gasteiger partial charge on any atom is 0.213 e. The lowest BCUT2D eigenvalue weighted by atomic mass is 10.1. The highest BCUT2D eigenvalue weighted by atomic mass is 32.2. The summed E-state index contributed by atoms with van der Waals surface area (Å²) in [6, 6.07) is 0.101. The molecule has 0 aromatic heterocycles. The molecule has 1 atom stereocenters. The highest BCUT2D eigenvalue weighted by Gasteiger charge is 2.20. The Morgan fingerprint density at radius 2 is 2.11 bits per heavy atom. The van der Waals surface area contributed by atoms with Crippen LogP contribution in [0.25, 0.3) is 0 Å². The van der Waals surface area contributed by atoms with Crippen molar-refractivity contribution in [3.8, 4) is 0 Å². The van der Waals surface area contributed by atoms with Crippen molar-refractivity contribution >= 4 is 10.0 Å². The average Bonchev–Trinajstić information content (AvgIpc) is 2.38. The van der Waals surface area contributed by atoms with Gasteiger partial charge in [-0.2, -0.15) is 0 Å². The third-order valence-corrected chi connectivity index (χ3v) is 4.54. The van der Waals surface area contributed by atoms with Gasteiger partial charge in [0.2, 0.25) is 10.0 Å². The molecule has 0 radical (unpaired) electrons. The van der Waals surface area contributed by atoms with E-state index in [1.54, 1.807) is 7.11 Å². The summed E-state index contributed by atoms with van der Waals surface area (Å²) in [5.74, 6) is 0.178. The summed E-state index contributed by atoms with van der Waals surface area (Å²) < 4.78 is 36.4. The summed E-state index contributed by atoms with van der Waals surface area (Å²) in [7, 11) is -1.55. The van der Waals surface area contributed by atoms with Crippen molar-refractivity contribution in [1.82, 2.24) is 10.0 Å². The van der Waals surface area contributed by atoms with E-state index in [1.165, 1.54) is 0 Å². The topological polar surface area (TPSA) is 76.7 Å². The molecular formula is C12H26N2O4S. The molecule has 0 spiro atoms. The molecule has 1 aliphatic heterocycles. The maximum absolute atomic E-state index is 11.8. The smallest absolute Gasteiger partial charge is 0.213 e. The highest BCUT2D eigenvalue weighted by Crippen LogP contribution is 2.08. The predicted octanol–water partition coefficient (Wildman–Crippen LogP) is 0.101. The van der Waals surface area contributed by atoms with Crippen LogP contribution in [0.4, 0.5) is 0 Å². The molecule has 0 amide bonds. The molecule has 1 aliphatic rings. The van der Waals surface area contributed by atoms with Crippen molar-refractivity contribution in [2.45, 2.75) is 31.7 Å². The number of sulfonamides is 1. The number of piperidine rings is 1. The Hall–Kier alpha value is -0.210. The Balaban J connectivity index is 2.06. The predicted molar refractivity (Wildman–Crippen MR) is 74.7 cm³/mol. The van der Waals surface area contributed by atoms with E-state index in [4.69, 9.17) is 9.47 Å². The first-order chi connectivity index (χ1) is 9.14.